The molecule has 0 aliphatic carbocycles. The van der Waals surface area contributed by atoms with Gasteiger partial charge < -0.3 is 20.1 Å². The first-order valence-corrected chi connectivity index (χ1v) is 6.82. The lowest BCUT2D eigenvalue weighted by Crippen LogP contribution is -2.55. The minimum absolute atomic E-state index is 0.0775. The van der Waals surface area contributed by atoms with Crippen molar-refractivity contribution >= 4 is 12.0 Å². The number of hydrogen-bond acceptors (Lipinski definition) is 3. The largest absolute Gasteiger partial charge is 0.481 e. The second-order valence-electron chi connectivity index (χ2n) is 5.23. The van der Waals surface area contributed by atoms with Crippen molar-refractivity contribution in [2.24, 2.45) is 5.92 Å². The number of carbonyl (C=O) groups is 2. The topological polar surface area (TPSA) is 78.9 Å². The summed E-state index contributed by atoms with van der Waals surface area (Å²) in [6, 6.07) is -0.452. The van der Waals surface area contributed by atoms with E-state index in [0.29, 0.717) is 19.1 Å². The normalized spacial score (nSPS) is 21.3. The van der Waals surface area contributed by atoms with E-state index in [-0.39, 0.29) is 31.1 Å². The molecule has 1 aliphatic heterocycles. The Morgan fingerprint density at radius 3 is 2.68 bits per heavy atom. The monoisotopic (exact) mass is 272 g/mol. The van der Waals surface area contributed by atoms with Crippen LogP contribution in [0, 0.1) is 5.92 Å². The molecule has 1 saturated heterocycles. The van der Waals surface area contributed by atoms with Crippen LogP contribution in [0.15, 0.2) is 0 Å². The van der Waals surface area contributed by atoms with Gasteiger partial charge in [-0.15, -0.1) is 0 Å². The SMILES string of the molecule is CCC(NC(=O)N1CCOCC1CC(=O)O)C(C)C. The van der Waals surface area contributed by atoms with Crippen LogP contribution in [0.1, 0.15) is 33.6 Å². The summed E-state index contributed by atoms with van der Waals surface area (Å²) in [5, 5.41) is 11.8. The van der Waals surface area contributed by atoms with Crippen LogP contribution in [0.5, 0.6) is 0 Å². The van der Waals surface area contributed by atoms with Gasteiger partial charge in [-0.25, -0.2) is 4.79 Å². The van der Waals surface area contributed by atoms with Gasteiger partial charge in [0.15, 0.2) is 0 Å². The van der Waals surface area contributed by atoms with Gasteiger partial charge in [-0.2, -0.15) is 0 Å². The van der Waals surface area contributed by atoms with E-state index < -0.39 is 5.97 Å². The van der Waals surface area contributed by atoms with Crippen LogP contribution >= 0.6 is 0 Å². The standard InChI is InChI=1S/C13H24N2O4/c1-4-11(9(2)3)14-13(18)15-5-6-19-8-10(15)7-12(16)17/h9-11H,4-8H2,1-3H3,(H,14,18)(H,16,17). The van der Waals surface area contributed by atoms with Gasteiger partial charge in [0.05, 0.1) is 25.7 Å². The maximum Gasteiger partial charge on any atom is 0.318 e. The molecule has 2 unspecified atom stereocenters. The number of urea groups is 1. The fourth-order valence-corrected chi connectivity index (χ4v) is 2.27. The summed E-state index contributed by atoms with van der Waals surface area (Å²) in [5.41, 5.74) is 0. The van der Waals surface area contributed by atoms with E-state index in [4.69, 9.17) is 9.84 Å². The van der Waals surface area contributed by atoms with Gasteiger partial charge in [0.25, 0.3) is 0 Å². The molecule has 2 N–H and O–H groups in total. The Balaban J connectivity index is 2.63. The zero-order valence-electron chi connectivity index (χ0n) is 11.9. The highest BCUT2D eigenvalue weighted by Crippen LogP contribution is 2.13. The number of nitrogens with zero attached hydrogens (tertiary/aromatic N) is 1. The molecule has 1 aliphatic rings. The number of nitrogens with one attached hydrogen (secondary N) is 1. The molecule has 2 atom stereocenters. The van der Waals surface area contributed by atoms with Crippen molar-refractivity contribution in [1.29, 1.82) is 0 Å². The summed E-state index contributed by atoms with van der Waals surface area (Å²) in [4.78, 5) is 24.6. The lowest BCUT2D eigenvalue weighted by molar-refractivity contribution is -0.139. The third-order valence-electron chi connectivity index (χ3n) is 3.45. The van der Waals surface area contributed by atoms with E-state index >= 15 is 0 Å². The zero-order valence-corrected chi connectivity index (χ0v) is 11.9. The summed E-state index contributed by atoms with van der Waals surface area (Å²) in [6.07, 6.45) is 0.781. The molecule has 0 aromatic heterocycles. The highest BCUT2D eigenvalue weighted by atomic mass is 16.5. The predicted octanol–water partition coefficient (Wildman–Crippen LogP) is 1.31. The fraction of sp³-hybridized carbons (Fsp3) is 0.846. The summed E-state index contributed by atoms with van der Waals surface area (Å²) in [7, 11) is 0. The highest BCUT2D eigenvalue weighted by Gasteiger charge is 2.30. The second kappa shape index (κ2) is 7.33. The van der Waals surface area contributed by atoms with Gasteiger partial charge in [0.2, 0.25) is 0 Å². The first kappa shape index (κ1) is 15.8. The summed E-state index contributed by atoms with van der Waals surface area (Å²) in [6.45, 7) is 7.34. The van der Waals surface area contributed by atoms with Crippen molar-refractivity contribution in [2.45, 2.75) is 45.7 Å². The fourth-order valence-electron chi connectivity index (χ4n) is 2.27. The molecule has 19 heavy (non-hydrogen) atoms. The molecule has 0 saturated carbocycles. The molecule has 2 amide bonds. The average Bonchev–Trinajstić information content (AvgIpc) is 2.35. The molecule has 1 rings (SSSR count). The number of morpholine rings is 1. The Morgan fingerprint density at radius 1 is 1.47 bits per heavy atom. The molecule has 1 fully saturated rings. The Morgan fingerprint density at radius 2 is 2.16 bits per heavy atom. The van der Waals surface area contributed by atoms with Crippen molar-refractivity contribution in [3.05, 3.63) is 0 Å². The minimum atomic E-state index is -0.913. The number of carbonyl (C=O) groups excluding carboxylic acids is 1. The number of carboxylic acids is 1. The van der Waals surface area contributed by atoms with E-state index in [1.165, 1.54) is 0 Å². The van der Waals surface area contributed by atoms with Crippen molar-refractivity contribution < 1.29 is 19.4 Å². The summed E-state index contributed by atoms with van der Waals surface area (Å²) in [5.74, 6) is -0.558. The van der Waals surface area contributed by atoms with E-state index in [9.17, 15) is 9.59 Å². The molecular weight excluding hydrogens is 248 g/mol. The third-order valence-corrected chi connectivity index (χ3v) is 3.45. The van der Waals surface area contributed by atoms with Crippen LogP contribution in [0.25, 0.3) is 0 Å². The van der Waals surface area contributed by atoms with Gasteiger partial charge in [-0.05, 0) is 12.3 Å². The number of ether oxygens (including phenoxy) is 1. The average molecular weight is 272 g/mol. The number of rotatable bonds is 5. The summed E-state index contributed by atoms with van der Waals surface area (Å²) < 4.78 is 5.26. The third kappa shape index (κ3) is 4.70. The molecule has 0 spiro atoms. The molecule has 110 valence electrons. The van der Waals surface area contributed by atoms with Crippen LogP contribution in [-0.2, 0) is 9.53 Å². The van der Waals surface area contributed by atoms with Crippen LogP contribution in [0.3, 0.4) is 0 Å². The quantitative estimate of drug-likeness (QED) is 0.791. The van der Waals surface area contributed by atoms with Crippen molar-refractivity contribution in [1.82, 2.24) is 10.2 Å². The number of carboxylic acid groups (broad SMARTS) is 1. The molecule has 0 aromatic rings. The number of amides is 2. The zero-order chi connectivity index (χ0) is 14.4. The van der Waals surface area contributed by atoms with Gasteiger partial charge in [0.1, 0.15) is 0 Å². The van der Waals surface area contributed by atoms with Gasteiger partial charge in [-0.3, -0.25) is 4.79 Å². The van der Waals surface area contributed by atoms with Crippen LogP contribution in [-0.4, -0.2) is 53.8 Å². The minimum Gasteiger partial charge on any atom is -0.481 e. The lowest BCUT2D eigenvalue weighted by Gasteiger charge is -2.36. The first-order valence-electron chi connectivity index (χ1n) is 6.82. The second-order valence-corrected chi connectivity index (χ2v) is 5.23. The van der Waals surface area contributed by atoms with Gasteiger partial charge in [0, 0.05) is 12.6 Å². The summed E-state index contributed by atoms with van der Waals surface area (Å²) >= 11 is 0. The Bertz CT molecular complexity index is 320. The van der Waals surface area contributed by atoms with E-state index in [1.807, 2.05) is 6.92 Å². The lowest BCUT2D eigenvalue weighted by atomic mass is 10.0. The van der Waals surface area contributed by atoms with Crippen molar-refractivity contribution in [3.8, 4) is 0 Å². The number of aliphatic carboxylic acids is 1. The maximum atomic E-state index is 12.2. The van der Waals surface area contributed by atoms with Crippen LogP contribution in [0.2, 0.25) is 0 Å². The van der Waals surface area contributed by atoms with Crippen molar-refractivity contribution in [2.75, 3.05) is 19.8 Å². The maximum absolute atomic E-state index is 12.2. The van der Waals surface area contributed by atoms with Crippen LogP contribution in [0.4, 0.5) is 4.79 Å². The molecule has 0 radical (unpaired) electrons. The predicted molar refractivity (Wildman–Crippen MR) is 71.0 cm³/mol. The highest BCUT2D eigenvalue weighted by molar-refractivity contribution is 5.76. The molecule has 0 aromatic carbocycles. The van der Waals surface area contributed by atoms with E-state index in [2.05, 4.69) is 19.2 Å². The van der Waals surface area contributed by atoms with E-state index in [0.717, 1.165) is 6.42 Å². The molecule has 6 nitrogen and oxygen atoms in total. The smallest absolute Gasteiger partial charge is 0.318 e. The Kier molecular flexibility index (Phi) is 6.08. The van der Waals surface area contributed by atoms with E-state index in [1.54, 1.807) is 4.90 Å². The van der Waals surface area contributed by atoms with Crippen molar-refractivity contribution in [3.63, 3.8) is 0 Å². The molecule has 6 heteroatoms. The first-order chi connectivity index (χ1) is 8.95. The molecule has 1 heterocycles. The number of hydrogen-bond donors (Lipinski definition) is 2. The van der Waals surface area contributed by atoms with Crippen LogP contribution < -0.4 is 5.32 Å². The van der Waals surface area contributed by atoms with Gasteiger partial charge in [-0.1, -0.05) is 20.8 Å². The van der Waals surface area contributed by atoms with Gasteiger partial charge >= 0.3 is 12.0 Å². The molecule has 0 bridgehead atoms. The Labute approximate surface area is 114 Å². The molecular formula is C13H24N2O4. The Hall–Kier alpha value is -1.30.